The Kier molecular flexibility index (Phi) is 5.53. The molecule has 0 radical (unpaired) electrons. The lowest BCUT2D eigenvalue weighted by atomic mass is 10.2. The predicted molar refractivity (Wildman–Crippen MR) is 62.8 cm³/mol. The molecule has 0 heterocycles. The van der Waals surface area contributed by atoms with Crippen LogP contribution in [0.5, 0.6) is 0 Å². The first-order valence-electron chi connectivity index (χ1n) is 5.30. The van der Waals surface area contributed by atoms with Crippen molar-refractivity contribution in [2.75, 3.05) is 26.7 Å². The van der Waals surface area contributed by atoms with Gasteiger partial charge in [-0.25, -0.2) is 0 Å². The van der Waals surface area contributed by atoms with Crippen LogP contribution in [0.25, 0.3) is 0 Å². The van der Waals surface area contributed by atoms with Gasteiger partial charge in [0.15, 0.2) is 0 Å². The molecule has 2 N–H and O–H groups in total. The van der Waals surface area contributed by atoms with Crippen LogP contribution in [-0.2, 0) is 16.1 Å². The minimum absolute atomic E-state index is 0.222. The molecule has 0 saturated carbocycles. The van der Waals surface area contributed by atoms with Crippen LogP contribution in [0.4, 0.5) is 0 Å². The highest BCUT2D eigenvalue weighted by Gasteiger charge is 2.06. The van der Waals surface area contributed by atoms with Crippen molar-refractivity contribution in [1.82, 2.24) is 4.90 Å². The van der Waals surface area contributed by atoms with E-state index in [2.05, 4.69) is 0 Å². The van der Waals surface area contributed by atoms with E-state index < -0.39 is 0 Å². The zero-order valence-electron chi connectivity index (χ0n) is 9.56. The number of benzene rings is 1. The summed E-state index contributed by atoms with van der Waals surface area (Å²) in [6.45, 7) is 1.85. The fourth-order valence-electron chi connectivity index (χ4n) is 1.30. The van der Waals surface area contributed by atoms with E-state index in [4.69, 9.17) is 10.5 Å². The van der Waals surface area contributed by atoms with E-state index in [-0.39, 0.29) is 12.5 Å². The van der Waals surface area contributed by atoms with Gasteiger partial charge in [0, 0.05) is 13.1 Å². The first kappa shape index (κ1) is 12.7. The molecular formula is C12H18N2O2. The zero-order chi connectivity index (χ0) is 11.8. The van der Waals surface area contributed by atoms with E-state index in [9.17, 15) is 4.79 Å². The summed E-state index contributed by atoms with van der Waals surface area (Å²) in [6.07, 6.45) is 0. The van der Waals surface area contributed by atoms with Gasteiger partial charge in [0.25, 0.3) is 0 Å². The maximum absolute atomic E-state index is 11.4. The Bertz CT molecular complexity index is 314. The number of ether oxygens (including phenoxy) is 1. The van der Waals surface area contributed by atoms with Crippen molar-refractivity contribution in [1.29, 1.82) is 0 Å². The lowest BCUT2D eigenvalue weighted by Gasteiger charge is -2.14. The van der Waals surface area contributed by atoms with Gasteiger partial charge in [-0.1, -0.05) is 30.3 Å². The summed E-state index contributed by atoms with van der Waals surface area (Å²) in [5.41, 5.74) is 6.37. The minimum Gasteiger partial charge on any atom is -0.460 e. The van der Waals surface area contributed by atoms with Gasteiger partial charge in [0.2, 0.25) is 0 Å². The Labute approximate surface area is 96.0 Å². The average Bonchev–Trinajstić information content (AvgIpc) is 2.28. The third kappa shape index (κ3) is 4.91. The molecule has 0 bridgehead atoms. The summed E-state index contributed by atoms with van der Waals surface area (Å²) < 4.78 is 5.12. The predicted octanol–water partition coefficient (Wildman–Crippen LogP) is 0.620. The van der Waals surface area contributed by atoms with Crippen molar-refractivity contribution in [3.8, 4) is 0 Å². The van der Waals surface area contributed by atoms with E-state index >= 15 is 0 Å². The number of hydrogen-bond acceptors (Lipinski definition) is 4. The van der Waals surface area contributed by atoms with Crippen LogP contribution < -0.4 is 5.73 Å². The molecule has 0 amide bonds. The number of hydrogen-bond donors (Lipinski definition) is 1. The fraction of sp³-hybridized carbons (Fsp3) is 0.417. The van der Waals surface area contributed by atoms with Crippen molar-refractivity contribution in [2.24, 2.45) is 5.73 Å². The summed E-state index contributed by atoms with van der Waals surface area (Å²) in [4.78, 5) is 13.2. The Hall–Kier alpha value is -1.39. The Morgan fingerprint density at radius 3 is 2.69 bits per heavy atom. The molecular weight excluding hydrogens is 204 g/mol. The van der Waals surface area contributed by atoms with Crippen molar-refractivity contribution < 1.29 is 9.53 Å². The smallest absolute Gasteiger partial charge is 0.320 e. The molecule has 0 aromatic heterocycles. The van der Waals surface area contributed by atoms with E-state index in [1.807, 2.05) is 42.3 Å². The van der Waals surface area contributed by atoms with Crippen molar-refractivity contribution in [2.45, 2.75) is 6.61 Å². The summed E-state index contributed by atoms with van der Waals surface area (Å²) in [6, 6.07) is 9.63. The second kappa shape index (κ2) is 6.98. The summed E-state index contributed by atoms with van der Waals surface area (Å²) >= 11 is 0. The molecule has 0 aliphatic rings. The molecule has 1 aromatic rings. The molecule has 0 aliphatic heterocycles. The molecule has 16 heavy (non-hydrogen) atoms. The van der Waals surface area contributed by atoms with Crippen LogP contribution in [0.3, 0.4) is 0 Å². The highest BCUT2D eigenvalue weighted by molar-refractivity contribution is 5.71. The average molecular weight is 222 g/mol. The molecule has 0 aliphatic carbocycles. The van der Waals surface area contributed by atoms with Crippen molar-refractivity contribution in [3.05, 3.63) is 35.9 Å². The van der Waals surface area contributed by atoms with E-state index in [1.165, 1.54) is 0 Å². The highest BCUT2D eigenvalue weighted by atomic mass is 16.5. The molecule has 88 valence electrons. The molecule has 0 atom stereocenters. The number of nitrogens with zero attached hydrogens (tertiary/aromatic N) is 1. The third-order valence-electron chi connectivity index (χ3n) is 2.15. The van der Waals surface area contributed by atoms with Gasteiger partial charge in [-0.05, 0) is 12.6 Å². The van der Waals surface area contributed by atoms with Crippen LogP contribution in [0.15, 0.2) is 30.3 Å². The topological polar surface area (TPSA) is 55.6 Å². The second-order valence-electron chi connectivity index (χ2n) is 3.67. The molecule has 1 aromatic carbocycles. The van der Waals surface area contributed by atoms with E-state index in [0.29, 0.717) is 19.7 Å². The number of carbonyl (C=O) groups is 1. The fourth-order valence-corrected chi connectivity index (χ4v) is 1.30. The molecule has 1 rings (SSSR count). The third-order valence-corrected chi connectivity index (χ3v) is 2.15. The van der Waals surface area contributed by atoms with E-state index in [0.717, 1.165) is 5.56 Å². The first-order valence-corrected chi connectivity index (χ1v) is 5.30. The molecule has 0 spiro atoms. The number of likely N-dealkylation sites (N-methyl/N-ethyl adjacent to an activating group) is 1. The molecule has 0 fully saturated rings. The maximum atomic E-state index is 11.4. The van der Waals surface area contributed by atoms with Gasteiger partial charge in [0.05, 0.1) is 6.54 Å². The molecule has 4 heteroatoms. The van der Waals surface area contributed by atoms with Gasteiger partial charge in [-0.2, -0.15) is 0 Å². The van der Waals surface area contributed by atoms with Gasteiger partial charge in [-0.3, -0.25) is 9.69 Å². The summed E-state index contributed by atoms with van der Waals surface area (Å²) in [7, 11) is 1.84. The highest BCUT2D eigenvalue weighted by Crippen LogP contribution is 2.00. The number of esters is 1. The van der Waals surface area contributed by atoms with Crippen LogP contribution >= 0.6 is 0 Å². The molecule has 4 nitrogen and oxygen atoms in total. The Morgan fingerprint density at radius 2 is 2.06 bits per heavy atom. The van der Waals surface area contributed by atoms with Crippen LogP contribution in [0, 0.1) is 0 Å². The monoisotopic (exact) mass is 222 g/mol. The molecule has 0 unspecified atom stereocenters. The number of carbonyl (C=O) groups excluding carboxylic acids is 1. The SMILES string of the molecule is CN(CCN)CC(=O)OCc1ccccc1. The zero-order valence-corrected chi connectivity index (χ0v) is 9.56. The summed E-state index contributed by atoms with van der Waals surface area (Å²) in [5, 5.41) is 0. The van der Waals surface area contributed by atoms with Gasteiger partial charge in [0.1, 0.15) is 6.61 Å². The first-order chi connectivity index (χ1) is 7.72. The van der Waals surface area contributed by atoms with Gasteiger partial charge >= 0.3 is 5.97 Å². The largest absolute Gasteiger partial charge is 0.460 e. The van der Waals surface area contributed by atoms with Crippen LogP contribution in [0.1, 0.15) is 5.56 Å². The van der Waals surface area contributed by atoms with Crippen molar-refractivity contribution >= 4 is 5.97 Å². The van der Waals surface area contributed by atoms with E-state index in [1.54, 1.807) is 0 Å². The molecule has 0 saturated heterocycles. The lowest BCUT2D eigenvalue weighted by molar-refractivity contribution is -0.145. The number of nitrogens with two attached hydrogens (primary N) is 1. The lowest BCUT2D eigenvalue weighted by Crippen LogP contribution is -2.31. The Balaban J connectivity index is 2.25. The van der Waals surface area contributed by atoms with Crippen LogP contribution in [0.2, 0.25) is 0 Å². The summed E-state index contributed by atoms with van der Waals surface area (Å²) in [5.74, 6) is -0.222. The second-order valence-corrected chi connectivity index (χ2v) is 3.67. The maximum Gasteiger partial charge on any atom is 0.320 e. The van der Waals surface area contributed by atoms with Gasteiger partial charge in [-0.15, -0.1) is 0 Å². The van der Waals surface area contributed by atoms with Gasteiger partial charge < -0.3 is 10.5 Å². The normalized spacial score (nSPS) is 10.4. The quantitative estimate of drug-likeness (QED) is 0.717. The number of rotatable bonds is 6. The van der Waals surface area contributed by atoms with Crippen molar-refractivity contribution in [3.63, 3.8) is 0 Å². The van der Waals surface area contributed by atoms with Crippen LogP contribution in [-0.4, -0.2) is 37.6 Å². The Morgan fingerprint density at radius 1 is 1.38 bits per heavy atom. The standard InChI is InChI=1S/C12H18N2O2/c1-14(8-7-13)9-12(15)16-10-11-5-3-2-4-6-11/h2-6H,7-10,13H2,1H3. The minimum atomic E-state index is -0.222.